The fourth-order valence-corrected chi connectivity index (χ4v) is 4.23. The lowest BCUT2D eigenvalue weighted by atomic mass is 9.90. The second-order valence-electron chi connectivity index (χ2n) is 6.84. The van der Waals surface area contributed by atoms with Crippen LogP contribution in [0.5, 0.6) is 5.75 Å². The van der Waals surface area contributed by atoms with E-state index in [1.165, 1.54) is 24.8 Å². The van der Waals surface area contributed by atoms with E-state index in [9.17, 15) is 13.2 Å². The monoisotopic (exact) mass is 388 g/mol. The third-order valence-electron chi connectivity index (χ3n) is 4.99. The second kappa shape index (κ2) is 8.10. The Bertz CT molecular complexity index is 905. The molecule has 27 heavy (non-hydrogen) atoms. The predicted molar refractivity (Wildman–Crippen MR) is 103 cm³/mol. The number of benzene rings is 2. The van der Waals surface area contributed by atoms with Crippen molar-refractivity contribution in [3.05, 3.63) is 59.7 Å². The van der Waals surface area contributed by atoms with Crippen LogP contribution in [0.25, 0.3) is 0 Å². The summed E-state index contributed by atoms with van der Waals surface area (Å²) in [5, 5.41) is 5.24. The van der Waals surface area contributed by atoms with E-state index in [1.54, 1.807) is 11.0 Å². The summed E-state index contributed by atoms with van der Waals surface area (Å²) < 4.78 is 28.5. The van der Waals surface area contributed by atoms with Crippen molar-refractivity contribution in [3.8, 4) is 5.75 Å². The lowest BCUT2D eigenvalue weighted by Crippen LogP contribution is -2.39. The topological polar surface area (TPSA) is 89.7 Å². The molecule has 1 aliphatic heterocycles. The number of primary sulfonamides is 1. The minimum absolute atomic E-state index is 0.135. The largest absolute Gasteiger partial charge is 0.495 e. The van der Waals surface area contributed by atoms with Gasteiger partial charge in [-0.05, 0) is 48.9 Å². The zero-order chi connectivity index (χ0) is 19.4. The summed E-state index contributed by atoms with van der Waals surface area (Å²) in [6.45, 7) is 1.32. The minimum Gasteiger partial charge on any atom is -0.495 e. The smallest absolute Gasteiger partial charge is 0.253 e. The molecule has 0 aliphatic carbocycles. The lowest BCUT2D eigenvalue weighted by Gasteiger charge is -2.32. The van der Waals surface area contributed by atoms with E-state index in [0.29, 0.717) is 24.6 Å². The summed E-state index contributed by atoms with van der Waals surface area (Å²) >= 11 is 0. The highest BCUT2D eigenvalue weighted by atomic mass is 32.2. The van der Waals surface area contributed by atoms with Crippen LogP contribution in [0.1, 0.15) is 28.8 Å². The molecule has 1 amide bonds. The van der Waals surface area contributed by atoms with Crippen LogP contribution in [0.4, 0.5) is 0 Å². The summed E-state index contributed by atoms with van der Waals surface area (Å²) in [5.41, 5.74) is 1.62. The van der Waals surface area contributed by atoms with E-state index in [0.717, 1.165) is 19.3 Å². The van der Waals surface area contributed by atoms with Crippen molar-refractivity contribution in [2.75, 3.05) is 20.2 Å². The Morgan fingerprint density at radius 3 is 2.41 bits per heavy atom. The SMILES string of the molecule is COc1ccc(C(=O)N2CCC(Cc3ccccc3)CC2)cc1S(N)(=O)=O. The van der Waals surface area contributed by atoms with Gasteiger partial charge in [0.1, 0.15) is 10.6 Å². The van der Waals surface area contributed by atoms with Gasteiger partial charge < -0.3 is 9.64 Å². The zero-order valence-electron chi connectivity index (χ0n) is 15.3. The third kappa shape index (κ3) is 4.67. The molecule has 2 aromatic rings. The average Bonchev–Trinajstić information content (AvgIpc) is 2.67. The van der Waals surface area contributed by atoms with Crippen molar-refractivity contribution in [1.82, 2.24) is 4.90 Å². The normalized spacial score (nSPS) is 15.6. The summed E-state index contributed by atoms with van der Waals surface area (Å²) in [7, 11) is -2.61. The molecule has 144 valence electrons. The molecule has 0 radical (unpaired) electrons. The van der Waals surface area contributed by atoms with Crippen LogP contribution in [-0.2, 0) is 16.4 Å². The molecule has 3 rings (SSSR count). The van der Waals surface area contributed by atoms with E-state index in [1.807, 2.05) is 18.2 Å². The van der Waals surface area contributed by atoms with Crippen LogP contribution in [0.3, 0.4) is 0 Å². The average molecular weight is 388 g/mol. The Hall–Kier alpha value is -2.38. The summed E-state index contributed by atoms with van der Waals surface area (Å²) in [5.74, 6) is 0.503. The standard InChI is InChI=1S/C20H24N2O4S/c1-26-18-8-7-17(14-19(18)27(21,24)25)20(23)22-11-9-16(10-12-22)13-15-5-3-2-4-6-15/h2-8,14,16H,9-13H2,1H3,(H2,21,24,25). The number of amides is 1. The highest BCUT2D eigenvalue weighted by Gasteiger charge is 2.25. The Morgan fingerprint density at radius 2 is 1.81 bits per heavy atom. The van der Waals surface area contributed by atoms with E-state index in [2.05, 4.69) is 12.1 Å². The second-order valence-corrected chi connectivity index (χ2v) is 8.37. The number of rotatable bonds is 5. The maximum absolute atomic E-state index is 12.8. The highest BCUT2D eigenvalue weighted by molar-refractivity contribution is 7.89. The molecular formula is C20H24N2O4S. The van der Waals surface area contributed by atoms with Crippen molar-refractivity contribution in [1.29, 1.82) is 0 Å². The summed E-state index contributed by atoms with van der Waals surface area (Å²) in [6, 6.07) is 14.7. The van der Waals surface area contributed by atoms with Gasteiger partial charge in [-0.3, -0.25) is 4.79 Å². The van der Waals surface area contributed by atoms with Crippen LogP contribution in [0.15, 0.2) is 53.4 Å². The van der Waals surface area contributed by atoms with Crippen molar-refractivity contribution in [2.45, 2.75) is 24.2 Å². The van der Waals surface area contributed by atoms with Gasteiger partial charge in [0, 0.05) is 18.7 Å². The molecule has 1 fully saturated rings. The predicted octanol–water partition coefficient (Wildman–Crippen LogP) is 2.44. The molecule has 0 bridgehead atoms. The first-order chi connectivity index (χ1) is 12.9. The number of ether oxygens (including phenoxy) is 1. The number of hydrogen-bond donors (Lipinski definition) is 1. The van der Waals surface area contributed by atoms with Gasteiger partial charge in [0.25, 0.3) is 5.91 Å². The molecule has 7 heteroatoms. The van der Waals surface area contributed by atoms with Crippen molar-refractivity contribution < 1.29 is 17.9 Å². The van der Waals surface area contributed by atoms with Gasteiger partial charge in [-0.25, -0.2) is 13.6 Å². The number of piperidine rings is 1. The van der Waals surface area contributed by atoms with Crippen LogP contribution < -0.4 is 9.88 Å². The Morgan fingerprint density at radius 1 is 1.15 bits per heavy atom. The van der Waals surface area contributed by atoms with Gasteiger partial charge in [0.05, 0.1) is 7.11 Å². The number of carbonyl (C=O) groups is 1. The first kappa shape index (κ1) is 19.4. The number of likely N-dealkylation sites (tertiary alicyclic amines) is 1. The number of methoxy groups -OCH3 is 1. The number of sulfonamides is 1. The fraction of sp³-hybridized carbons (Fsp3) is 0.350. The molecule has 1 aliphatic rings. The van der Waals surface area contributed by atoms with Gasteiger partial charge in [-0.1, -0.05) is 30.3 Å². The van der Waals surface area contributed by atoms with E-state index >= 15 is 0 Å². The number of hydrogen-bond acceptors (Lipinski definition) is 4. The van der Waals surface area contributed by atoms with E-state index in [-0.39, 0.29) is 16.6 Å². The summed E-state index contributed by atoms with van der Waals surface area (Å²) in [4.78, 5) is 14.4. The van der Waals surface area contributed by atoms with Crippen molar-refractivity contribution >= 4 is 15.9 Å². The van der Waals surface area contributed by atoms with E-state index in [4.69, 9.17) is 9.88 Å². The maximum atomic E-state index is 12.8. The maximum Gasteiger partial charge on any atom is 0.253 e. The molecule has 0 spiro atoms. The number of nitrogens with zero attached hydrogens (tertiary/aromatic N) is 1. The van der Waals surface area contributed by atoms with Crippen molar-refractivity contribution in [2.24, 2.45) is 11.1 Å². The molecule has 1 heterocycles. The molecule has 2 aromatic carbocycles. The minimum atomic E-state index is -3.97. The van der Waals surface area contributed by atoms with Gasteiger partial charge in [-0.15, -0.1) is 0 Å². The van der Waals surface area contributed by atoms with Crippen LogP contribution in [0.2, 0.25) is 0 Å². The lowest BCUT2D eigenvalue weighted by molar-refractivity contribution is 0.0690. The first-order valence-corrected chi connectivity index (χ1v) is 10.5. The molecule has 6 nitrogen and oxygen atoms in total. The van der Waals surface area contributed by atoms with Crippen LogP contribution in [0, 0.1) is 5.92 Å². The Kier molecular flexibility index (Phi) is 5.82. The zero-order valence-corrected chi connectivity index (χ0v) is 16.1. The number of nitrogens with two attached hydrogens (primary N) is 1. The quantitative estimate of drug-likeness (QED) is 0.852. The Balaban J connectivity index is 1.67. The molecule has 1 saturated heterocycles. The molecular weight excluding hydrogens is 364 g/mol. The number of carbonyl (C=O) groups excluding carboxylic acids is 1. The van der Waals surface area contributed by atoms with Crippen LogP contribution >= 0.6 is 0 Å². The molecule has 2 N–H and O–H groups in total. The van der Waals surface area contributed by atoms with Gasteiger partial charge in [0.2, 0.25) is 10.0 Å². The summed E-state index contributed by atoms with van der Waals surface area (Å²) in [6.07, 6.45) is 2.87. The first-order valence-electron chi connectivity index (χ1n) is 8.92. The molecule has 0 aromatic heterocycles. The molecule has 0 atom stereocenters. The third-order valence-corrected chi connectivity index (χ3v) is 5.92. The van der Waals surface area contributed by atoms with Crippen LogP contribution in [-0.4, -0.2) is 39.4 Å². The van der Waals surface area contributed by atoms with E-state index < -0.39 is 10.0 Å². The molecule has 0 saturated carbocycles. The fourth-order valence-electron chi connectivity index (χ4n) is 3.50. The highest BCUT2D eigenvalue weighted by Crippen LogP contribution is 2.26. The van der Waals surface area contributed by atoms with Gasteiger partial charge >= 0.3 is 0 Å². The van der Waals surface area contributed by atoms with Crippen molar-refractivity contribution in [3.63, 3.8) is 0 Å². The van der Waals surface area contributed by atoms with Gasteiger partial charge in [0.15, 0.2) is 0 Å². The van der Waals surface area contributed by atoms with Gasteiger partial charge in [-0.2, -0.15) is 0 Å². The Labute approximate surface area is 160 Å². The molecule has 0 unspecified atom stereocenters.